The Bertz CT molecular complexity index is 291. The highest BCUT2D eigenvalue weighted by Gasteiger charge is 1.98. The highest BCUT2D eigenvalue weighted by Crippen LogP contribution is 2.17. The van der Waals surface area contributed by atoms with Crippen molar-refractivity contribution >= 4 is 8.58 Å². The highest BCUT2D eigenvalue weighted by molar-refractivity contribution is 7.37. The molecule has 0 fully saturated rings. The summed E-state index contributed by atoms with van der Waals surface area (Å²) in [5.41, 5.74) is 4.39. The van der Waals surface area contributed by atoms with Crippen LogP contribution in [0, 0.1) is 13.8 Å². The molecular weight excluding hydrogens is 199 g/mol. The molecule has 0 heterocycles. The molecule has 0 saturated carbocycles. The Morgan fingerprint density at radius 2 is 1.93 bits per heavy atom. The van der Waals surface area contributed by atoms with Crippen LogP contribution in [0.4, 0.5) is 0 Å². The molecule has 0 aromatic heterocycles. The van der Waals surface area contributed by atoms with Gasteiger partial charge in [-0.2, -0.15) is 0 Å². The Hall–Kier alpha value is -0.350. The fraction of sp³-hybridized carbons (Fsp3) is 0.571. The molecule has 0 aliphatic rings. The van der Waals surface area contributed by atoms with Crippen LogP contribution in [0.3, 0.4) is 0 Å². The third-order valence-electron chi connectivity index (χ3n) is 2.72. The average Bonchev–Trinajstić information content (AvgIpc) is 2.20. The van der Waals surface area contributed by atoms with E-state index in [-0.39, 0.29) is 0 Å². The first-order valence-corrected chi connectivity index (χ1v) is 7.42. The first kappa shape index (κ1) is 12.7. The third kappa shape index (κ3) is 4.80. The molecule has 1 rings (SSSR count). The zero-order chi connectivity index (χ0) is 11.1. The molecule has 0 radical (unpaired) electrons. The maximum atomic E-state index is 2.30. The number of rotatable bonds is 6. The summed E-state index contributed by atoms with van der Waals surface area (Å²) in [6.45, 7) is 6.67. The Labute approximate surface area is 96.3 Å². The van der Waals surface area contributed by atoms with Gasteiger partial charge in [-0.05, 0) is 50.1 Å². The minimum absolute atomic E-state index is 1.18. The molecule has 0 saturated heterocycles. The van der Waals surface area contributed by atoms with Crippen molar-refractivity contribution in [3.05, 3.63) is 34.9 Å². The molecule has 0 N–H and O–H groups in total. The molecule has 0 aliphatic carbocycles. The van der Waals surface area contributed by atoms with Gasteiger partial charge in [-0.3, -0.25) is 0 Å². The monoisotopic (exact) mass is 222 g/mol. The summed E-state index contributed by atoms with van der Waals surface area (Å²) in [5.74, 6) is 0. The molecule has 1 atom stereocenters. The molecule has 0 aliphatic heterocycles. The van der Waals surface area contributed by atoms with E-state index in [9.17, 15) is 0 Å². The summed E-state index contributed by atoms with van der Waals surface area (Å²) >= 11 is 0. The smallest absolute Gasteiger partial charge is 0.0273 e. The van der Waals surface area contributed by atoms with E-state index in [0.717, 1.165) is 0 Å². The van der Waals surface area contributed by atoms with Crippen molar-refractivity contribution < 1.29 is 0 Å². The van der Waals surface area contributed by atoms with Gasteiger partial charge in [-0.15, -0.1) is 8.58 Å². The Kier molecular flexibility index (Phi) is 5.95. The zero-order valence-electron chi connectivity index (χ0n) is 10.3. The molecule has 0 amide bonds. The third-order valence-corrected chi connectivity index (χ3v) is 4.29. The van der Waals surface area contributed by atoms with Crippen molar-refractivity contribution in [2.24, 2.45) is 0 Å². The lowest BCUT2D eigenvalue weighted by Gasteiger charge is -2.06. The van der Waals surface area contributed by atoms with Gasteiger partial charge in [0, 0.05) is 0 Å². The Morgan fingerprint density at radius 1 is 1.13 bits per heavy atom. The predicted molar refractivity (Wildman–Crippen MR) is 72.6 cm³/mol. The maximum absolute atomic E-state index is 2.30. The quantitative estimate of drug-likeness (QED) is 0.496. The molecule has 1 aromatic rings. The molecule has 15 heavy (non-hydrogen) atoms. The molecule has 0 bridgehead atoms. The lowest BCUT2D eigenvalue weighted by atomic mass is 10.0. The summed E-state index contributed by atoms with van der Waals surface area (Å²) in [7, 11) is 1.18. The highest BCUT2D eigenvalue weighted by atomic mass is 31.1. The van der Waals surface area contributed by atoms with Crippen molar-refractivity contribution in [1.29, 1.82) is 0 Å². The Balaban J connectivity index is 2.31. The van der Waals surface area contributed by atoms with E-state index in [4.69, 9.17) is 0 Å². The second-order valence-corrected chi connectivity index (χ2v) is 5.78. The number of aryl methyl sites for hydroxylation is 3. The number of benzene rings is 1. The van der Waals surface area contributed by atoms with Gasteiger partial charge < -0.3 is 0 Å². The lowest BCUT2D eigenvalue weighted by Crippen LogP contribution is -1.92. The summed E-state index contributed by atoms with van der Waals surface area (Å²) in [5, 5.41) is 0. The average molecular weight is 222 g/mol. The molecule has 1 unspecified atom stereocenters. The normalized spacial score (nSPS) is 11.4. The summed E-state index contributed by atoms with van der Waals surface area (Å²) in [6, 6.07) is 6.83. The van der Waals surface area contributed by atoms with Crippen molar-refractivity contribution in [3.63, 3.8) is 0 Å². The van der Waals surface area contributed by atoms with E-state index >= 15 is 0 Å². The van der Waals surface area contributed by atoms with Gasteiger partial charge in [0.25, 0.3) is 0 Å². The van der Waals surface area contributed by atoms with E-state index in [0.29, 0.717) is 0 Å². The van der Waals surface area contributed by atoms with E-state index in [1.807, 2.05) is 0 Å². The minimum atomic E-state index is 1.18. The SMILES string of the molecule is CCCPCCCc1ccc(C)cc1C. The lowest BCUT2D eigenvalue weighted by molar-refractivity contribution is 0.917. The predicted octanol–water partition coefficient (Wildman–Crippen LogP) is 4.32. The van der Waals surface area contributed by atoms with E-state index < -0.39 is 0 Å². The van der Waals surface area contributed by atoms with Crippen molar-refractivity contribution in [2.45, 2.75) is 40.0 Å². The van der Waals surface area contributed by atoms with Gasteiger partial charge in [-0.1, -0.05) is 37.1 Å². The van der Waals surface area contributed by atoms with Gasteiger partial charge >= 0.3 is 0 Å². The molecule has 0 nitrogen and oxygen atoms in total. The first-order valence-electron chi connectivity index (χ1n) is 6.01. The summed E-state index contributed by atoms with van der Waals surface area (Å²) < 4.78 is 0. The van der Waals surface area contributed by atoms with Crippen LogP contribution in [0.5, 0.6) is 0 Å². The van der Waals surface area contributed by atoms with Crippen LogP contribution in [0.25, 0.3) is 0 Å². The van der Waals surface area contributed by atoms with Crippen LogP contribution in [0.15, 0.2) is 18.2 Å². The van der Waals surface area contributed by atoms with Crippen molar-refractivity contribution in [3.8, 4) is 0 Å². The largest absolute Gasteiger partial charge is 0.122 e. The molecule has 84 valence electrons. The van der Waals surface area contributed by atoms with Gasteiger partial charge in [-0.25, -0.2) is 0 Å². The van der Waals surface area contributed by atoms with E-state index in [2.05, 4.69) is 39.0 Å². The van der Waals surface area contributed by atoms with Crippen LogP contribution in [-0.4, -0.2) is 12.3 Å². The molecule has 1 heteroatoms. The van der Waals surface area contributed by atoms with Gasteiger partial charge in [0.15, 0.2) is 0 Å². The summed E-state index contributed by atoms with van der Waals surface area (Å²) in [6.07, 6.45) is 6.82. The zero-order valence-corrected chi connectivity index (χ0v) is 11.3. The second kappa shape index (κ2) is 7.01. The second-order valence-electron chi connectivity index (χ2n) is 4.28. The molecule has 1 aromatic carbocycles. The molecule has 0 spiro atoms. The van der Waals surface area contributed by atoms with Crippen molar-refractivity contribution in [1.82, 2.24) is 0 Å². The maximum Gasteiger partial charge on any atom is -0.0273 e. The van der Waals surface area contributed by atoms with E-state index in [1.165, 1.54) is 51.3 Å². The Morgan fingerprint density at radius 3 is 2.60 bits per heavy atom. The topological polar surface area (TPSA) is 0 Å². The minimum Gasteiger partial charge on any atom is -0.122 e. The number of hydrogen-bond donors (Lipinski definition) is 0. The van der Waals surface area contributed by atoms with Crippen LogP contribution in [0.1, 0.15) is 36.5 Å². The van der Waals surface area contributed by atoms with Gasteiger partial charge in [0.1, 0.15) is 0 Å². The fourth-order valence-electron chi connectivity index (χ4n) is 1.83. The van der Waals surface area contributed by atoms with Crippen LogP contribution in [-0.2, 0) is 6.42 Å². The van der Waals surface area contributed by atoms with Crippen LogP contribution < -0.4 is 0 Å². The van der Waals surface area contributed by atoms with Crippen LogP contribution in [0.2, 0.25) is 0 Å². The number of hydrogen-bond acceptors (Lipinski definition) is 0. The summed E-state index contributed by atoms with van der Waals surface area (Å²) in [4.78, 5) is 0. The molecular formula is C14H23P. The fourth-order valence-corrected chi connectivity index (χ4v) is 2.86. The van der Waals surface area contributed by atoms with Crippen molar-refractivity contribution in [2.75, 3.05) is 12.3 Å². The van der Waals surface area contributed by atoms with Gasteiger partial charge in [0.05, 0.1) is 0 Å². The first-order chi connectivity index (χ1) is 7.24. The van der Waals surface area contributed by atoms with Crippen LogP contribution >= 0.6 is 8.58 Å². The van der Waals surface area contributed by atoms with E-state index in [1.54, 1.807) is 5.56 Å². The van der Waals surface area contributed by atoms with Gasteiger partial charge in [0.2, 0.25) is 0 Å². The standard InChI is InChI=1S/C14H23P/c1-4-9-15-10-5-6-14-8-7-12(2)11-13(14)3/h7-8,11,15H,4-6,9-10H2,1-3H3.